The van der Waals surface area contributed by atoms with E-state index in [2.05, 4.69) is 27.1 Å². The number of nitrogens with zero attached hydrogens (tertiary/aromatic N) is 3. The van der Waals surface area contributed by atoms with Gasteiger partial charge in [-0.25, -0.2) is 14.8 Å². The van der Waals surface area contributed by atoms with Crippen molar-refractivity contribution < 1.29 is 9.90 Å². The van der Waals surface area contributed by atoms with Crippen molar-refractivity contribution in [2.75, 3.05) is 26.0 Å². The molecule has 0 bridgehead atoms. The molecule has 1 aromatic rings. The fourth-order valence-electron chi connectivity index (χ4n) is 1.18. The number of anilines is 1. The fraction of sp³-hybridized carbons (Fsp3) is 0.545. The van der Waals surface area contributed by atoms with Crippen molar-refractivity contribution in [3.05, 3.63) is 17.5 Å². The second kappa shape index (κ2) is 5.58. The van der Waals surface area contributed by atoms with Gasteiger partial charge in [-0.2, -0.15) is 0 Å². The molecule has 1 unspecified atom stereocenters. The molecule has 17 heavy (non-hydrogen) atoms. The maximum Gasteiger partial charge on any atom is 0.354 e. The number of carboxylic acids is 1. The Hall–Kier alpha value is -1.69. The first kappa shape index (κ1) is 13.4. The standard InChI is InChI=1S/C11H18N4O2/c1-7-5-9(10(16)17)14-11(13-7)12-6-8(2)15(3)4/h5,8H,6H2,1-4H3,(H,16,17)(H,12,13,14). The highest BCUT2D eigenvalue weighted by molar-refractivity contribution is 5.85. The molecule has 1 atom stereocenters. The van der Waals surface area contributed by atoms with Gasteiger partial charge in [0.1, 0.15) is 0 Å². The quantitative estimate of drug-likeness (QED) is 0.791. The van der Waals surface area contributed by atoms with Gasteiger partial charge in [0.05, 0.1) is 0 Å². The zero-order valence-corrected chi connectivity index (χ0v) is 10.6. The SMILES string of the molecule is Cc1cc(C(=O)O)nc(NCC(C)N(C)C)n1. The van der Waals surface area contributed by atoms with E-state index in [4.69, 9.17) is 5.11 Å². The molecule has 0 aliphatic heterocycles. The van der Waals surface area contributed by atoms with Gasteiger partial charge in [-0.1, -0.05) is 0 Å². The first-order chi connectivity index (χ1) is 7.90. The van der Waals surface area contributed by atoms with Crippen LogP contribution in [0.2, 0.25) is 0 Å². The molecule has 0 saturated carbocycles. The van der Waals surface area contributed by atoms with E-state index in [0.29, 0.717) is 24.2 Å². The van der Waals surface area contributed by atoms with E-state index in [9.17, 15) is 4.79 Å². The van der Waals surface area contributed by atoms with Crippen LogP contribution in [-0.4, -0.2) is 52.6 Å². The predicted octanol–water partition coefficient (Wildman–Crippen LogP) is 0.845. The number of hydrogen-bond acceptors (Lipinski definition) is 5. The molecule has 2 N–H and O–H groups in total. The molecule has 0 amide bonds. The topological polar surface area (TPSA) is 78.3 Å². The first-order valence-electron chi connectivity index (χ1n) is 5.39. The average Bonchev–Trinajstić information content (AvgIpc) is 2.24. The Morgan fingerprint density at radius 2 is 2.18 bits per heavy atom. The molecule has 1 rings (SSSR count). The van der Waals surface area contributed by atoms with Gasteiger partial charge in [0.2, 0.25) is 5.95 Å². The number of aryl methyl sites for hydroxylation is 1. The highest BCUT2D eigenvalue weighted by Crippen LogP contribution is 2.05. The fourth-order valence-corrected chi connectivity index (χ4v) is 1.18. The van der Waals surface area contributed by atoms with Gasteiger partial charge in [-0.15, -0.1) is 0 Å². The molecule has 0 saturated heterocycles. The van der Waals surface area contributed by atoms with Crippen molar-refractivity contribution >= 4 is 11.9 Å². The predicted molar refractivity (Wildman–Crippen MR) is 65.4 cm³/mol. The number of carboxylic acid groups (broad SMARTS) is 1. The molecule has 0 aliphatic carbocycles. The lowest BCUT2D eigenvalue weighted by Gasteiger charge is -2.20. The van der Waals surface area contributed by atoms with Crippen LogP contribution in [0.15, 0.2) is 6.07 Å². The maximum absolute atomic E-state index is 10.8. The van der Waals surface area contributed by atoms with Gasteiger partial charge in [0, 0.05) is 18.3 Å². The normalized spacial score (nSPS) is 12.5. The Labute approximate surface area is 101 Å². The number of aromatic carboxylic acids is 1. The number of nitrogens with one attached hydrogen (secondary N) is 1. The Balaban J connectivity index is 2.74. The largest absolute Gasteiger partial charge is 0.477 e. The molecular weight excluding hydrogens is 220 g/mol. The highest BCUT2D eigenvalue weighted by Gasteiger charge is 2.10. The molecule has 0 aliphatic rings. The van der Waals surface area contributed by atoms with Crippen LogP contribution in [0.4, 0.5) is 5.95 Å². The summed E-state index contributed by atoms with van der Waals surface area (Å²) < 4.78 is 0. The summed E-state index contributed by atoms with van der Waals surface area (Å²) in [6.07, 6.45) is 0. The summed E-state index contributed by atoms with van der Waals surface area (Å²) in [5, 5.41) is 11.9. The Kier molecular flexibility index (Phi) is 4.39. The van der Waals surface area contributed by atoms with Gasteiger partial charge in [-0.05, 0) is 34.0 Å². The molecule has 6 nitrogen and oxygen atoms in total. The van der Waals surface area contributed by atoms with Gasteiger partial charge >= 0.3 is 5.97 Å². The number of aromatic nitrogens is 2. The molecule has 0 aromatic carbocycles. The lowest BCUT2D eigenvalue weighted by atomic mass is 10.3. The molecule has 1 aromatic heterocycles. The van der Waals surface area contributed by atoms with Crippen molar-refractivity contribution in [3.8, 4) is 0 Å². The van der Waals surface area contributed by atoms with Crippen LogP contribution in [0.3, 0.4) is 0 Å². The summed E-state index contributed by atoms with van der Waals surface area (Å²) in [7, 11) is 3.96. The van der Waals surface area contributed by atoms with E-state index in [1.165, 1.54) is 6.07 Å². The summed E-state index contributed by atoms with van der Waals surface area (Å²) in [6, 6.07) is 1.76. The van der Waals surface area contributed by atoms with Gasteiger partial charge < -0.3 is 15.3 Å². The van der Waals surface area contributed by atoms with E-state index in [1.54, 1.807) is 6.92 Å². The first-order valence-corrected chi connectivity index (χ1v) is 5.39. The van der Waals surface area contributed by atoms with E-state index in [1.807, 2.05) is 14.1 Å². The van der Waals surface area contributed by atoms with Gasteiger partial charge in [0.25, 0.3) is 0 Å². The molecule has 0 radical (unpaired) electrons. The second-order valence-corrected chi connectivity index (χ2v) is 4.22. The molecule has 94 valence electrons. The average molecular weight is 238 g/mol. The molecule has 6 heteroatoms. The zero-order chi connectivity index (χ0) is 13.0. The molecular formula is C11H18N4O2. The van der Waals surface area contributed by atoms with Crippen LogP contribution < -0.4 is 5.32 Å². The van der Waals surface area contributed by atoms with E-state index in [-0.39, 0.29) is 5.69 Å². The lowest BCUT2D eigenvalue weighted by molar-refractivity contribution is 0.0690. The summed E-state index contributed by atoms with van der Waals surface area (Å²) in [6.45, 7) is 4.46. The summed E-state index contributed by atoms with van der Waals surface area (Å²) in [5.41, 5.74) is 0.648. The Bertz CT molecular complexity index is 406. The zero-order valence-electron chi connectivity index (χ0n) is 10.6. The number of likely N-dealkylation sites (N-methyl/N-ethyl adjacent to an activating group) is 1. The van der Waals surface area contributed by atoms with Crippen LogP contribution in [0.25, 0.3) is 0 Å². The Morgan fingerprint density at radius 1 is 1.53 bits per heavy atom. The minimum atomic E-state index is -1.04. The third-order valence-corrected chi connectivity index (χ3v) is 2.51. The number of hydrogen-bond donors (Lipinski definition) is 2. The van der Waals surface area contributed by atoms with Crippen molar-refractivity contribution in [1.82, 2.24) is 14.9 Å². The van der Waals surface area contributed by atoms with E-state index in [0.717, 1.165) is 0 Å². The monoisotopic (exact) mass is 238 g/mol. The van der Waals surface area contributed by atoms with Gasteiger partial charge in [-0.3, -0.25) is 0 Å². The summed E-state index contributed by atoms with van der Waals surface area (Å²) in [4.78, 5) is 20.9. The maximum atomic E-state index is 10.8. The smallest absolute Gasteiger partial charge is 0.354 e. The third-order valence-electron chi connectivity index (χ3n) is 2.51. The van der Waals surface area contributed by atoms with Crippen molar-refractivity contribution in [3.63, 3.8) is 0 Å². The highest BCUT2D eigenvalue weighted by atomic mass is 16.4. The van der Waals surface area contributed by atoms with Crippen LogP contribution >= 0.6 is 0 Å². The minimum absolute atomic E-state index is 0.0116. The molecule has 0 spiro atoms. The van der Waals surface area contributed by atoms with Crippen LogP contribution in [0, 0.1) is 6.92 Å². The summed E-state index contributed by atoms with van der Waals surface area (Å²) >= 11 is 0. The van der Waals surface area contributed by atoms with Crippen LogP contribution in [0.1, 0.15) is 23.1 Å². The van der Waals surface area contributed by atoms with Crippen molar-refractivity contribution in [2.24, 2.45) is 0 Å². The number of carbonyl (C=O) groups is 1. The van der Waals surface area contributed by atoms with Crippen molar-refractivity contribution in [1.29, 1.82) is 0 Å². The van der Waals surface area contributed by atoms with Gasteiger partial charge in [0.15, 0.2) is 5.69 Å². The molecule has 1 heterocycles. The number of rotatable bonds is 5. The third kappa shape index (κ3) is 3.99. The second-order valence-electron chi connectivity index (χ2n) is 4.22. The molecule has 0 fully saturated rings. The lowest BCUT2D eigenvalue weighted by Crippen LogP contribution is -2.32. The van der Waals surface area contributed by atoms with Crippen LogP contribution in [-0.2, 0) is 0 Å². The van der Waals surface area contributed by atoms with E-state index < -0.39 is 5.97 Å². The van der Waals surface area contributed by atoms with Crippen LogP contribution in [0.5, 0.6) is 0 Å². The minimum Gasteiger partial charge on any atom is -0.477 e. The van der Waals surface area contributed by atoms with E-state index >= 15 is 0 Å². The summed E-state index contributed by atoms with van der Waals surface area (Å²) in [5.74, 6) is -0.685. The Morgan fingerprint density at radius 3 is 2.71 bits per heavy atom. The van der Waals surface area contributed by atoms with Crippen molar-refractivity contribution in [2.45, 2.75) is 19.9 Å².